The molecule has 162 valence electrons. The van der Waals surface area contributed by atoms with Crippen LogP contribution in [0.25, 0.3) is 11.0 Å². The maximum Gasteiger partial charge on any atom is 0.255 e. The quantitative estimate of drug-likeness (QED) is 0.480. The summed E-state index contributed by atoms with van der Waals surface area (Å²) in [6.45, 7) is 2.02. The number of carbonyl (C=O) groups is 2. The smallest absolute Gasteiger partial charge is 0.255 e. The van der Waals surface area contributed by atoms with E-state index in [2.05, 4.69) is 15.6 Å². The normalized spacial score (nSPS) is 10.8. The topological polar surface area (TPSA) is 76.0 Å². The zero-order valence-electron chi connectivity index (χ0n) is 17.9. The molecule has 32 heavy (non-hydrogen) atoms. The number of aryl methyl sites for hydroxylation is 2. The van der Waals surface area contributed by atoms with Crippen molar-refractivity contribution in [3.8, 4) is 0 Å². The van der Waals surface area contributed by atoms with Gasteiger partial charge in [0.2, 0.25) is 0 Å². The van der Waals surface area contributed by atoms with Gasteiger partial charge in [-0.15, -0.1) is 0 Å². The van der Waals surface area contributed by atoms with Crippen LogP contribution in [-0.2, 0) is 13.5 Å². The highest BCUT2D eigenvalue weighted by Crippen LogP contribution is 2.20. The number of carbonyl (C=O) groups excluding carboxylic acids is 2. The Morgan fingerprint density at radius 3 is 2.50 bits per heavy atom. The molecule has 4 rings (SSSR count). The second kappa shape index (κ2) is 9.01. The molecule has 0 radical (unpaired) electrons. The molecule has 1 heterocycles. The summed E-state index contributed by atoms with van der Waals surface area (Å²) in [7, 11) is 1.91. The van der Waals surface area contributed by atoms with E-state index in [0.29, 0.717) is 29.8 Å². The molecule has 4 aromatic rings. The Morgan fingerprint density at radius 2 is 1.75 bits per heavy atom. The summed E-state index contributed by atoms with van der Waals surface area (Å²) in [4.78, 5) is 29.3. The van der Waals surface area contributed by atoms with Crippen molar-refractivity contribution in [3.05, 3.63) is 95.1 Å². The zero-order valence-corrected chi connectivity index (χ0v) is 17.9. The van der Waals surface area contributed by atoms with Crippen LogP contribution in [-0.4, -0.2) is 27.9 Å². The molecule has 0 aliphatic heterocycles. The predicted octanol–water partition coefficient (Wildman–Crippen LogP) is 4.25. The molecule has 6 nitrogen and oxygen atoms in total. The highest BCUT2D eigenvalue weighted by Gasteiger charge is 2.12. The van der Waals surface area contributed by atoms with Crippen LogP contribution < -0.4 is 10.6 Å². The van der Waals surface area contributed by atoms with Crippen molar-refractivity contribution in [2.24, 2.45) is 7.05 Å². The van der Waals surface area contributed by atoms with E-state index in [1.54, 1.807) is 31.2 Å². The monoisotopic (exact) mass is 430 g/mol. The van der Waals surface area contributed by atoms with Crippen molar-refractivity contribution in [3.63, 3.8) is 0 Å². The number of nitrogens with zero attached hydrogens (tertiary/aromatic N) is 2. The van der Waals surface area contributed by atoms with E-state index in [4.69, 9.17) is 0 Å². The van der Waals surface area contributed by atoms with Crippen LogP contribution in [0.1, 0.15) is 32.1 Å². The molecule has 1 aromatic heterocycles. The van der Waals surface area contributed by atoms with Gasteiger partial charge in [-0.1, -0.05) is 24.3 Å². The standard InChI is InChI=1S/C25H23FN4O2/c1-16-8-9-18(14-20(16)26)24(31)27-13-12-23-29-21-15-19(10-11-22(21)30(23)2)28-25(32)17-6-4-3-5-7-17/h3-11,14-15H,12-13H2,1-2H3,(H,27,31)(H,28,32). The summed E-state index contributed by atoms with van der Waals surface area (Å²) in [6.07, 6.45) is 0.511. The van der Waals surface area contributed by atoms with Crippen LogP contribution in [0.15, 0.2) is 66.7 Å². The van der Waals surface area contributed by atoms with Crippen LogP contribution in [0.5, 0.6) is 0 Å². The molecular weight excluding hydrogens is 407 g/mol. The summed E-state index contributed by atoms with van der Waals surface area (Å²) in [6, 6.07) is 19.0. The van der Waals surface area contributed by atoms with Gasteiger partial charge in [-0.05, 0) is 55.0 Å². The molecular formula is C25H23FN4O2. The molecule has 2 N–H and O–H groups in total. The van der Waals surface area contributed by atoms with Crippen molar-refractivity contribution in [2.75, 3.05) is 11.9 Å². The largest absolute Gasteiger partial charge is 0.352 e. The fraction of sp³-hybridized carbons (Fsp3) is 0.160. The van der Waals surface area contributed by atoms with Crippen LogP contribution in [0.3, 0.4) is 0 Å². The summed E-state index contributed by atoms with van der Waals surface area (Å²) >= 11 is 0. The fourth-order valence-electron chi connectivity index (χ4n) is 3.47. The minimum atomic E-state index is -0.400. The number of rotatable bonds is 6. The number of benzene rings is 3. The number of halogens is 1. The summed E-state index contributed by atoms with van der Waals surface area (Å²) in [5.41, 5.74) is 3.70. The van der Waals surface area contributed by atoms with Crippen LogP contribution in [0, 0.1) is 12.7 Å². The molecule has 0 atom stereocenters. The lowest BCUT2D eigenvalue weighted by Crippen LogP contribution is -2.26. The highest BCUT2D eigenvalue weighted by molar-refractivity contribution is 6.05. The number of anilines is 1. The maximum absolute atomic E-state index is 13.7. The van der Waals surface area contributed by atoms with Crippen molar-refractivity contribution in [1.29, 1.82) is 0 Å². The average molecular weight is 430 g/mol. The third kappa shape index (κ3) is 4.51. The Kier molecular flexibility index (Phi) is 5.98. The number of imidazole rings is 1. The number of aromatic nitrogens is 2. The van der Waals surface area contributed by atoms with E-state index in [-0.39, 0.29) is 17.4 Å². The van der Waals surface area contributed by atoms with Gasteiger partial charge in [0.15, 0.2) is 0 Å². The molecule has 0 saturated carbocycles. The predicted molar refractivity (Wildman–Crippen MR) is 122 cm³/mol. The molecule has 0 aliphatic carbocycles. The Bertz CT molecular complexity index is 1300. The summed E-state index contributed by atoms with van der Waals surface area (Å²) in [5.74, 6) is -0.116. The molecule has 0 saturated heterocycles. The first-order valence-electron chi connectivity index (χ1n) is 10.3. The summed E-state index contributed by atoms with van der Waals surface area (Å²) < 4.78 is 15.6. The number of fused-ring (bicyclic) bond motifs is 1. The van der Waals surface area contributed by atoms with Crippen molar-refractivity contribution >= 4 is 28.5 Å². The van der Waals surface area contributed by atoms with E-state index >= 15 is 0 Å². The second-order valence-electron chi connectivity index (χ2n) is 7.58. The average Bonchev–Trinajstić information content (AvgIpc) is 3.11. The van der Waals surface area contributed by atoms with Crippen molar-refractivity contribution in [1.82, 2.24) is 14.9 Å². The van der Waals surface area contributed by atoms with E-state index in [1.807, 2.05) is 48.0 Å². The second-order valence-corrected chi connectivity index (χ2v) is 7.58. The lowest BCUT2D eigenvalue weighted by atomic mass is 10.1. The van der Waals surface area contributed by atoms with Gasteiger partial charge in [-0.2, -0.15) is 0 Å². The molecule has 0 spiro atoms. The van der Waals surface area contributed by atoms with E-state index in [0.717, 1.165) is 16.9 Å². The van der Waals surface area contributed by atoms with E-state index in [9.17, 15) is 14.0 Å². The van der Waals surface area contributed by atoms with Crippen molar-refractivity contribution in [2.45, 2.75) is 13.3 Å². The molecule has 0 aliphatic rings. The van der Waals surface area contributed by atoms with Gasteiger partial charge in [-0.25, -0.2) is 9.37 Å². The third-order valence-corrected chi connectivity index (χ3v) is 5.34. The number of hydrogen-bond acceptors (Lipinski definition) is 3. The first-order valence-corrected chi connectivity index (χ1v) is 10.3. The Hall–Kier alpha value is -4.00. The van der Waals surface area contributed by atoms with Gasteiger partial charge in [0.25, 0.3) is 11.8 Å². The van der Waals surface area contributed by atoms with Crippen LogP contribution in [0.4, 0.5) is 10.1 Å². The third-order valence-electron chi connectivity index (χ3n) is 5.34. The Morgan fingerprint density at radius 1 is 0.969 bits per heavy atom. The van der Waals surface area contributed by atoms with Gasteiger partial charge >= 0.3 is 0 Å². The zero-order chi connectivity index (χ0) is 22.7. The fourth-order valence-corrected chi connectivity index (χ4v) is 3.47. The van der Waals surface area contributed by atoms with E-state index in [1.165, 1.54) is 6.07 Å². The molecule has 0 unspecified atom stereocenters. The lowest BCUT2D eigenvalue weighted by molar-refractivity contribution is 0.0952. The maximum atomic E-state index is 13.7. The SMILES string of the molecule is Cc1ccc(C(=O)NCCc2nc3cc(NC(=O)c4ccccc4)ccc3n2C)cc1F. The van der Waals surface area contributed by atoms with Gasteiger partial charge < -0.3 is 15.2 Å². The van der Waals surface area contributed by atoms with Crippen molar-refractivity contribution < 1.29 is 14.0 Å². The van der Waals surface area contributed by atoms with Gasteiger partial charge in [0.1, 0.15) is 11.6 Å². The van der Waals surface area contributed by atoms with Crippen LogP contribution >= 0.6 is 0 Å². The van der Waals surface area contributed by atoms with Gasteiger partial charge in [-0.3, -0.25) is 9.59 Å². The van der Waals surface area contributed by atoms with Gasteiger partial charge in [0.05, 0.1) is 11.0 Å². The minimum Gasteiger partial charge on any atom is -0.352 e. The molecule has 3 aromatic carbocycles. The summed E-state index contributed by atoms with van der Waals surface area (Å²) in [5, 5.41) is 5.69. The minimum absolute atomic E-state index is 0.184. The molecule has 2 amide bonds. The number of nitrogens with one attached hydrogen (secondary N) is 2. The lowest BCUT2D eigenvalue weighted by Gasteiger charge is -2.07. The molecule has 0 bridgehead atoms. The number of hydrogen-bond donors (Lipinski definition) is 2. The van der Waals surface area contributed by atoms with E-state index < -0.39 is 5.82 Å². The Labute approximate surface area is 185 Å². The Balaban J connectivity index is 1.42. The van der Waals surface area contributed by atoms with Crippen LogP contribution in [0.2, 0.25) is 0 Å². The highest BCUT2D eigenvalue weighted by atomic mass is 19.1. The first-order chi connectivity index (χ1) is 15.4. The molecule has 0 fully saturated rings. The number of amides is 2. The van der Waals surface area contributed by atoms with Gasteiger partial charge in [0, 0.05) is 36.8 Å². The molecule has 7 heteroatoms. The first kappa shape index (κ1) is 21.2.